The number of aliphatic hydroxyl groups is 1. The first-order valence-corrected chi connectivity index (χ1v) is 8.23. The van der Waals surface area contributed by atoms with Gasteiger partial charge in [-0.05, 0) is 54.5 Å². The Kier molecular flexibility index (Phi) is 6.89. The molecule has 1 aromatic rings. The molecule has 1 N–H and O–H groups in total. The second-order valence-corrected chi connectivity index (χ2v) is 7.19. The number of aryl methyl sites for hydroxylation is 2. The quantitative estimate of drug-likeness (QED) is 0.814. The highest BCUT2D eigenvalue weighted by Gasteiger charge is 2.17. The van der Waals surface area contributed by atoms with Crippen molar-refractivity contribution in [3.05, 3.63) is 34.4 Å². The first-order valence-electron chi connectivity index (χ1n) is 8.23. The molecule has 0 spiro atoms. The van der Waals surface area contributed by atoms with Crippen LogP contribution in [0.3, 0.4) is 0 Å². The van der Waals surface area contributed by atoms with Gasteiger partial charge in [-0.3, -0.25) is 4.90 Å². The minimum atomic E-state index is 0.195. The summed E-state index contributed by atoms with van der Waals surface area (Å²) in [4.78, 5) is 2.37. The van der Waals surface area contributed by atoms with E-state index in [1.54, 1.807) is 0 Å². The van der Waals surface area contributed by atoms with E-state index in [4.69, 9.17) is 0 Å². The van der Waals surface area contributed by atoms with Crippen molar-refractivity contribution in [1.29, 1.82) is 0 Å². The van der Waals surface area contributed by atoms with E-state index in [2.05, 4.69) is 58.6 Å². The van der Waals surface area contributed by atoms with Gasteiger partial charge in [-0.25, -0.2) is 0 Å². The molecule has 0 aliphatic heterocycles. The molecule has 1 rings (SSSR count). The minimum Gasteiger partial charge on any atom is -0.395 e. The average Bonchev–Trinajstić information content (AvgIpc) is 2.38. The summed E-state index contributed by atoms with van der Waals surface area (Å²) in [6.45, 7) is 16.5. The summed E-state index contributed by atoms with van der Waals surface area (Å²) in [5.41, 5.74) is 5.77. The molecule has 0 unspecified atom stereocenters. The van der Waals surface area contributed by atoms with Crippen molar-refractivity contribution >= 4 is 0 Å². The monoisotopic (exact) mass is 291 g/mol. The zero-order chi connectivity index (χ0) is 16.0. The summed E-state index contributed by atoms with van der Waals surface area (Å²) in [5, 5.41) is 9.26. The Morgan fingerprint density at radius 3 is 2.05 bits per heavy atom. The van der Waals surface area contributed by atoms with Crippen LogP contribution in [0, 0.1) is 13.8 Å². The number of nitrogens with zero attached hydrogens (tertiary/aromatic N) is 1. The van der Waals surface area contributed by atoms with Gasteiger partial charge in [0.05, 0.1) is 6.61 Å². The molecule has 0 heterocycles. The largest absolute Gasteiger partial charge is 0.395 e. The van der Waals surface area contributed by atoms with Gasteiger partial charge in [0.2, 0.25) is 0 Å². The second kappa shape index (κ2) is 7.95. The predicted molar refractivity (Wildman–Crippen MR) is 91.9 cm³/mol. The smallest absolute Gasteiger partial charge is 0.0558 e. The second-order valence-electron chi connectivity index (χ2n) is 7.19. The van der Waals surface area contributed by atoms with E-state index < -0.39 is 0 Å². The van der Waals surface area contributed by atoms with Crippen LogP contribution in [0.1, 0.15) is 62.8 Å². The number of hydrogen-bond donors (Lipinski definition) is 1. The van der Waals surface area contributed by atoms with Crippen molar-refractivity contribution < 1.29 is 5.11 Å². The van der Waals surface area contributed by atoms with E-state index in [0.717, 1.165) is 19.6 Å². The molecule has 2 heteroatoms. The van der Waals surface area contributed by atoms with Crippen molar-refractivity contribution in [2.24, 2.45) is 0 Å². The fourth-order valence-electron chi connectivity index (χ4n) is 2.69. The van der Waals surface area contributed by atoms with Crippen LogP contribution in [0.5, 0.6) is 0 Å². The molecule has 1 aromatic carbocycles. The lowest BCUT2D eigenvalue weighted by atomic mass is 9.83. The maximum Gasteiger partial charge on any atom is 0.0558 e. The molecule has 0 atom stereocenters. The van der Waals surface area contributed by atoms with Crippen LogP contribution in [0.2, 0.25) is 0 Å². The lowest BCUT2D eigenvalue weighted by Crippen LogP contribution is -2.28. The van der Waals surface area contributed by atoms with Crippen molar-refractivity contribution in [3.8, 4) is 0 Å². The molecule has 0 aromatic heterocycles. The molecule has 21 heavy (non-hydrogen) atoms. The van der Waals surface area contributed by atoms with Gasteiger partial charge < -0.3 is 5.11 Å². The third-order valence-corrected chi connectivity index (χ3v) is 4.19. The maximum absolute atomic E-state index is 9.26. The van der Waals surface area contributed by atoms with Gasteiger partial charge in [-0.1, -0.05) is 46.2 Å². The summed E-state index contributed by atoms with van der Waals surface area (Å²) in [7, 11) is 0. The summed E-state index contributed by atoms with van der Waals surface area (Å²) in [6.07, 6.45) is 2.39. The number of hydrogen-bond acceptors (Lipinski definition) is 2. The zero-order valence-corrected chi connectivity index (χ0v) is 14.8. The number of unbranched alkanes of at least 4 members (excludes halogenated alkanes) is 1. The van der Waals surface area contributed by atoms with Crippen molar-refractivity contribution in [2.75, 3.05) is 19.7 Å². The summed E-state index contributed by atoms with van der Waals surface area (Å²) in [6, 6.07) is 4.67. The zero-order valence-electron chi connectivity index (χ0n) is 14.8. The molecule has 0 radical (unpaired) electrons. The molecular weight excluding hydrogens is 258 g/mol. The average molecular weight is 291 g/mol. The third-order valence-electron chi connectivity index (χ3n) is 4.19. The molecule has 2 nitrogen and oxygen atoms in total. The van der Waals surface area contributed by atoms with Gasteiger partial charge in [0.15, 0.2) is 0 Å². The van der Waals surface area contributed by atoms with Gasteiger partial charge in [0.1, 0.15) is 0 Å². The highest BCUT2D eigenvalue weighted by Crippen LogP contribution is 2.27. The lowest BCUT2D eigenvalue weighted by molar-refractivity contribution is 0.188. The Labute approximate surface area is 131 Å². The van der Waals surface area contributed by atoms with Crippen LogP contribution >= 0.6 is 0 Å². The SMILES string of the molecule is CCCCN(CCO)Cc1c(C)cc(C(C)(C)C)cc1C. The van der Waals surface area contributed by atoms with Gasteiger partial charge in [-0.2, -0.15) is 0 Å². The predicted octanol–water partition coefficient (Wildman–Crippen LogP) is 4.20. The Hall–Kier alpha value is -0.860. The normalized spacial score (nSPS) is 12.2. The molecule has 0 aliphatic carbocycles. The fourth-order valence-corrected chi connectivity index (χ4v) is 2.69. The molecule has 0 amide bonds. The first-order chi connectivity index (χ1) is 9.79. The summed E-state index contributed by atoms with van der Waals surface area (Å²) < 4.78 is 0. The molecule has 0 bridgehead atoms. The Bertz CT molecular complexity index is 422. The Morgan fingerprint density at radius 1 is 1.05 bits per heavy atom. The van der Waals surface area contributed by atoms with E-state index in [9.17, 15) is 5.11 Å². The standard InChI is InChI=1S/C19H33NO/c1-7-8-9-20(10-11-21)14-18-15(2)12-17(13-16(18)3)19(4,5)6/h12-13,21H,7-11,14H2,1-6H3. The summed E-state index contributed by atoms with van der Waals surface area (Å²) >= 11 is 0. The van der Waals surface area contributed by atoms with Crippen LogP contribution in [0.15, 0.2) is 12.1 Å². The lowest BCUT2D eigenvalue weighted by Gasteiger charge is -2.26. The van der Waals surface area contributed by atoms with Crippen LogP contribution in [0.25, 0.3) is 0 Å². The van der Waals surface area contributed by atoms with Crippen LogP contribution < -0.4 is 0 Å². The summed E-state index contributed by atoms with van der Waals surface area (Å²) in [5.74, 6) is 0. The molecule has 0 saturated heterocycles. The van der Waals surface area contributed by atoms with E-state index in [1.165, 1.54) is 35.1 Å². The minimum absolute atomic E-state index is 0.195. The first kappa shape index (κ1) is 18.2. The highest BCUT2D eigenvalue weighted by atomic mass is 16.3. The van der Waals surface area contributed by atoms with E-state index in [1.807, 2.05) is 0 Å². The van der Waals surface area contributed by atoms with Gasteiger partial charge in [-0.15, -0.1) is 0 Å². The fraction of sp³-hybridized carbons (Fsp3) is 0.684. The number of benzene rings is 1. The molecule has 0 saturated carbocycles. The molecule has 0 fully saturated rings. The van der Waals surface area contributed by atoms with E-state index >= 15 is 0 Å². The van der Waals surface area contributed by atoms with Crippen molar-refractivity contribution in [1.82, 2.24) is 4.90 Å². The van der Waals surface area contributed by atoms with Crippen LogP contribution in [-0.4, -0.2) is 29.7 Å². The molecule has 120 valence electrons. The van der Waals surface area contributed by atoms with E-state index in [-0.39, 0.29) is 12.0 Å². The van der Waals surface area contributed by atoms with Crippen LogP contribution in [0.4, 0.5) is 0 Å². The third kappa shape index (κ3) is 5.44. The maximum atomic E-state index is 9.26. The van der Waals surface area contributed by atoms with Crippen molar-refractivity contribution in [3.63, 3.8) is 0 Å². The topological polar surface area (TPSA) is 23.5 Å². The number of aliphatic hydroxyl groups excluding tert-OH is 1. The van der Waals surface area contributed by atoms with Gasteiger partial charge >= 0.3 is 0 Å². The molecular formula is C19H33NO. The van der Waals surface area contributed by atoms with Gasteiger partial charge in [0.25, 0.3) is 0 Å². The van der Waals surface area contributed by atoms with E-state index in [0.29, 0.717) is 0 Å². The van der Waals surface area contributed by atoms with Crippen LogP contribution in [-0.2, 0) is 12.0 Å². The Balaban J connectivity index is 2.96. The number of rotatable bonds is 7. The Morgan fingerprint density at radius 2 is 1.62 bits per heavy atom. The van der Waals surface area contributed by atoms with Crippen molar-refractivity contribution in [2.45, 2.75) is 66.3 Å². The highest BCUT2D eigenvalue weighted by molar-refractivity contribution is 5.40. The molecule has 0 aliphatic rings. The van der Waals surface area contributed by atoms with Gasteiger partial charge in [0, 0.05) is 13.1 Å².